The van der Waals surface area contributed by atoms with Crippen LogP contribution < -0.4 is 0 Å². The van der Waals surface area contributed by atoms with Gasteiger partial charge in [-0.05, 0) is 49.3 Å². The summed E-state index contributed by atoms with van der Waals surface area (Å²) in [5.41, 5.74) is 0.337. The average molecular weight is 271 g/mol. The molecule has 2 heterocycles. The van der Waals surface area contributed by atoms with Gasteiger partial charge in [-0.2, -0.15) is 0 Å². The molecule has 17 heavy (non-hydrogen) atoms. The molecule has 0 aromatic heterocycles. The van der Waals surface area contributed by atoms with Crippen LogP contribution in [0.4, 0.5) is 0 Å². The van der Waals surface area contributed by atoms with Crippen LogP contribution in [0.15, 0.2) is 10.3 Å². The molecule has 0 radical (unpaired) electrons. The first-order chi connectivity index (χ1) is 8.16. The lowest BCUT2D eigenvalue weighted by Gasteiger charge is -2.33. The Hall–Kier alpha value is 0.400. The quantitative estimate of drug-likeness (QED) is 0.757. The Kier molecular flexibility index (Phi) is 5.31. The van der Waals surface area contributed by atoms with Crippen molar-refractivity contribution in [2.75, 3.05) is 31.1 Å². The minimum Gasteiger partial charge on any atom is -0.302 e. The van der Waals surface area contributed by atoms with Crippen LogP contribution in [0.25, 0.3) is 0 Å². The molecule has 0 aromatic carbocycles. The molecule has 0 atom stereocenters. The number of likely N-dealkylation sites (tertiary alicyclic amines) is 1. The van der Waals surface area contributed by atoms with Crippen LogP contribution >= 0.6 is 23.5 Å². The van der Waals surface area contributed by atoms with Crippen molar-refractivity contribution in [3.63, 3.8) is 0 Å². The Morgan fingerprint density at radius 2 is 1.71 bits per heavy atom. The van der Waals surface area contributed by atoms with Gasteiger partial charge in [0.25, 0.3) is 0 Å². The van der Waals surface area contributed by atoms with Crippen molar-refractivity contribution < 1.29 is 0 Å². The second kappa shape index (κ2) is 6.53. The molecule has 0 unspecified atom stereocenters. The van der Waals surface area contributed by atoms with E-state index in [2.05, 4.69) is 48.3 Å². The standard InChI is InChI=1S/C14H25NS2/c1-14(2,11-13-16-9-6-10-17-13)12-15-7-4-3-5-8-15/h11H,3-10,12H2,1-2H3. The van der Waals surface area contributed by atoms with Gasteiger partial charge in [-0.3, -0.25) is 0 Å². The molecule has 0 amide bonds. The van der Waals surface area contributed by atoms with Crippen LogP contribution in [0.5, 0.6) is 0 Å². The maximum atomic E-state index is 2.65. The van der Waals surface area contributed by atoms with Gasteiger partial charge < -0.3 is 4.90 Å². The highest BCUT2D eigenvalue weighted by Crippen LogP contribution is 2.38. The summed E-state index contributed by atoms with van der Waals surface area (Å²) >= 11 is 4.12. The molecule has 2 fully saturated rings. The lowest BCUT2D eigenvalue weighted by molar-refractivity contribution is 0.178. The first kappa shape index (κ1) is 13.8. The van der Waals surface area contributed by atoms with E-state index in [4.69, 9.17) is 0 Å². The summed E-state index contributed by atoms with van der Waals surface area (Å²) in [6.45, 7) is 8.64. The average Bonchev–Trinajstić information content (AvgIpc) is 2.30. The summed E-state index contributed by atoms with van der Waals surface area (Å²) in [7, 11) is 0. The van der Waals surface area contributed by atoms with Gasteiger partial charge in [0, 0.05) is 10.8 Å². The number of thioether (sulfide) groups is 2. The second-order valence-electron chi connectivity index (χ2n) is 5.84. The molecule has 0 saturated carbocycles. The minimum absolute atomic E-state index is 0.337. The molecule has 2 rings (SSSR count). The molecule has 0 aromatic rings. The van der Waals surface area contributed by atoms with Crippen LogP contribution in [-0.2, 0) is 0 Å². The van der Waals surface area contributed by atoms with Crippen molar-refractivity contribution in [2.45, 2.75) is 39.5 Å². The molecule has 2 saturated heterocycles. The second-order valence-corrected chi connectivity index (χ2v) is 8.37. The summed E-state index contributed by atoms with van der Waals surface area (Å²) in [6.07, 6.45) is 8.13. The van der Waals surface area contributed by atoms with Gasteiger partial charge in [-0.15, -0.1) is 23.5 Å². The normalized spacial score (nSPS) is 23.8. The fourth-order valence-corrected chi connectivity index (χ4v) is 5.39. The fraction of sp³-hybridized carbons (Fsp3) is 0.857. The summed E-state index contributed by atoms with van der Waals surface area (Å²) < 4.78 is 1.57. The van der Waals surface area contributed by atoms with Crippen LogP contribution in [-0.4, -0.2) is 36.0 Å². The van der Waals surface area contributed by atoms with Gasteiger partial charge in [-0.25, -0.2) is 0 Å². The Balaban J connectivity index is 1.87. The van der Waals surface area contributed by atoms with E-state index in [9.17, 15) is 0 Å². The topological polar surface area (TPSA) is 3.24 Å². The summed E-state index contributed by atoms with van der Waals surface area (Å²) in [6, 6.07) is 0. The van der Waals surface area contributed by atoms with Crippen molar-refractivity contribution in [3.05, 3.63) is 10.3 Å². The number of hydrogen-bond donors (Lipinski definition) is 0. The molecule has 0 bridgehead atoms. The SMILES string of the molecule is CC(C)(C=C1SCCCS1)CN1CCCCC1. The zero-order chi connectivity index (χ0) is 12.1. The van der Waals surface area contributed by atoms with E-state index in [0.717, 1.165) is 0 Å². The molecule has 0 N–H and O–H groups in total. The van der Waals surface area contributed by atoms with Crippen molar-refractivity contribution in [3.8, 4) is 0 Å². The largest absolute Gasteiger partial charge is 0.302 e. The maximum Gasteiger partial charge on any atom is 0.0366 e. The number of rotatable bonds is 3. The van der Waals surface area contributed by atoms with E-state index < -0.39 is 0 Å². The highest BCUT2D eigenvalue weighted by molar-refractivity contribution is 8.22. The maximum absolute atomic E-state index is 2.65. The van der Waals surface area contributed by atoms with Crippen LogP contribution in [0, 0.1) is 5.41 Å². The van der Waals surface area contributed by atoms with Gasteiger partial charge in [0.05, 0.1) is 0 Å². The summed E-state index contributed by atoms with van der Waals surface area (Å²) in [5.74, 6) is 2.64. The monoisotopic (exact) mass is 271 g/mol. The molecule has 2 aliphatic heterocycles. The third-order valence-corrected chi connectivity index (χ3v) is 5.86. The van der Waals surface area contributed by atoms with Gasteiger partial charge in [0.2, 0.25) is 0 Å². The Morgan fingerprint density at radius 3 is 2.35 bits per heavy atom. The summed E-state index contributed by atoms with van der Waals surface area (Å²) in [5, 5.41) is 0. The van der Waals surface area contributed by atoms with Gasteiger partial charge in [-0.1, -0.05) is 26.3 Å². The van der Waals surface area contributed by atoms with Crippen LogP contribution in [0.2, 0.25) is 0 Å². The van der Waals surface area contributed by atoms with Crippen molar-refractivity contribution in [1.29, 1.82) is 0 Å². The Labute approximate surface area is 115 Å². The Bertz CT molecular complexity index is 259. The zero-order valence-corrected chi connectivity index (χ0v) is 12.8. The minimum atomic E-state index is 0.337. The van der Waals surface area contributed by atoms with Crippen molar-refractivity contribution in [2.24, 2.45) is 5.41 Å². The predicted octanol–water partition coefficient (Wildman–Crippen LogP) is 4.21. The number of piperidine rings is 1. The molecule has 2 aliphatic rings. The zero-order valence-electron chi connectivity index (χ0n) is 11.2. The van der Waals surface area contributed by atoms with E-state index in [0.29, 0.717) is 5.41 Å². The first-order valence-electron chi connectivity index (χ1n) is 6.87. The summed E-state index contributed by atoms with van der Waals surface area (Å²) in [4.78, 5) is 2.65. The predicted molar refractivity (Wildman–Crippen MR) is 81.7 cm³/mol. The molecule has 98 valence electrons. The number of nitrogens with zero attached hydrogens (tertiary/aromatic N) is 1. The van der Waals surface area contributed by atoms with Crippen molar-refractivity contribution in [1.82, 2.24) is 4.90 Å². The van der Waals surface area contributed by atoms with E-state index in [1.165, 1.54) is 56.8 Å². The number of hydrogen-bond acceptors (Lipinski definition) is 3. The van der Waals surface area contributed by atoms with Crippen LogP contribution in [0.1, 0.15) is 39.5 Å². The smallest absolute Gasteiger partial charge is 0.0366 e. The third kappa shape index (κ3) is 4.88. The molecular weight excluding hydrogens is 246 g/mol. The van der Waals surface area contributed by atoms with E-state index in [1.54, 1.807) is 4.24 Å². The van der Waals surface area contributed by atoms with Crippen LogP contribution in [0.3, 0.4) is 0 Å². The molecule has 3 heteroatoms. The molecule has 0 spiro atoms. The van der Waals surface area contributed by atoms with Crippen molar-refractivity contribution >= 4 is 23.5 Å². The molecule has 0 aliphatic carbocycles. The lowest BCUT2D eigenvalue weighted by atomic mass is 9.92. The highest BCUT2D eigenvalue weighted by Gasteiger charge is 2.22. The molecule has 1 nitrogen and oxygen atoms in total. The van der Waals surface area contributed by atoms with E-state index >= 15 is 0 Å². The lowest BCUT2D eigenvalue weighted by Crippen LogP contribution is -2.37. The highest BCUT2D eigenvalue weighted by atomic mass is 32.2. The van der Waals surface area contributed by atoms with E-state index in [1.807, 2.05) is 0 Å². The fourth-order valence-electron chi connectivity index (χ4n) is 2.59. The first-order valence-corrected chi connectivity index (χ1v) is 8.84. The van der Waals surface area contributed by atoms with Gasteiger partial charge >= 0.3 is 0 Å². The van der Waals surface area contributed by atoms with Gasteiger partial charge in [0.1, 0.15) is 0 Å². The van der Waals surface area contributed by atoms with E-state index in [-0.39, 0.29) is 0 Å². The van der Waals surface area contributed by atoms with Gasteiger partial charge in [0.15, 0.2) is 0 Å². The third-order valence-electron chi connectivity index (χ3n) is 3.37. The molecular formula is C14H25NS2. The Morgan fingerprint density at radius 1 is 1.06 bits per heavy atom.